The van der Waals surface area contributed by atoms with Crippen LogP contribution in [0.2, 0.25) is 0 Å². The van der Waals surface area contributed by atoms with Gasteiger partial charge in [-0.3, -0.25) is 0 Å². The van der Waals surface area contributed by atoms with Crippen LogP contribution in [0.1, 0.15) is 11.3 Å². The lowest BCUT2D eigenvalue weighted by Gasteiger charge is -2.11. The summed E-state index contributed by atoms with van der Waals surface area (Å²) in [7, 11) is 0. The minimum Gasteiger partial charge on any atom is -0.370 e. The summed E-state index contributed by atoms with van der Waals surface area (Å²) >= 11 is 0. The van der Waals surface area contributed by atoms with Crippen molar-refractivity contribution in [3.8, 4) is 11.4 Å². The van der Waals surface area contributed by atoms with Crippen molar-refractivity contribution in [1.29, 1.82) is 0 Å². The molecule has 4 rings (SSSR count). The van der Waals surface area contributed by atoms with Crippen molar-refractivity contribution in [1.82, 2.24) is 15.1 Å². The molecule has 0 unspecified atom stereocenters. The van der Waals surface area contributed by atoms with Gasteiger partial charge in [-0.1, -0.05) is 53.7 Å². The fourth-order valence-corrected chi connectivity index (χ4v) is 2.90. The summed E-state index contributed by atoms with van der Waals surface area (Å²) in [6, 6.07) is 20.1. The first-order chi connectivity index (χ1) is 14.2. The van der Waals surface area contributed by atoms with Gasteiger partial charge in [-0.15, -0.1) is 0 Å². The average Bonchev–Trinajstić information content (AvgIpc) is 3.14. The van der Waals surface area contributed by atoms with Crippen LogP contribution in [0.25, 0.3) is 11.4 Å². The molecule has 0 bridgehead atoms. The number of hydrogen-bond acceptors (Lipinski definition) is 6. The molecule has 0 aliphatic heterocycles. The van der Waals surface area contributed by atoms with E-state index in [9.17, 15) is 4.39 Å². The van der Waals surface area contributed by atoms with Crippen molar-refractivity contribution in [3.63, 3.8) is 0 Å². The normalized spacial score (nSPS) is 10.7. The van der Waals surface area contributed by atoms with Gasteiger partial charge in [0.25, 0.3) is 0 Å². The molecule has 0 aliphatic carbocycles. The second kappa shape index (κ2) is 8.52. The monoisotopic (exact) mass is 389 g/mol. The highest BCUT2D eigenvalue weighted by Crippen LogP contribution is 2.22. The summed E-state index contributed by atoms with van der Waals surface area (Å²) < 4.78 is 18.9. The molecule has 2 aromatic carbocycles. The first-order valence-electron chi connectivity index (χ1n) is 9.29. The maximum atomic E-state index is 13.8. The summed E-state index contributed by atoms with van der Waals surface area (Å²) in [5, 5.41) is 10.3. The largest absolute Gasteiger partial charge is 0.370 e. The molecular weight excluding hydrogens is 369 g/mol. The molecule has 0 radical (unpaired) electrons. The van der Waals surface area contributed by atoms with Gasteiger partial charge in [0.15, 0.2) is 11.6 Å². The lowest BCUT2D eigenvalue weighted by atomic mass is 10.1. The van der Waals surface area contributed by atoms with E-state index in [1.165, 1.54) is 6.07 Å². The fourth-order valence-electron chi connectivity index (χ4n) is 2.90. The Morgan fingerprint density at radius 1 is 0.897 bits per heavy atom. The number of aromatic nitrogens is 3. The van der Waals surface area contributed by atoms with Gasteiger partial charge in [-0.2, -0.15) is 0 Å². The number of nitrogens with one attached hydrogen (secondary N) is 2. The van der Waals surface area contributed by atoms with Gasteiger partial charge < -0.3 is 15.2 Å². The zero-order valence-corrected chi connectivity index (χ0v) is 15.9. The van der Waals surface area contributed by atoms with Crippen molar-refractivity contribution in [2.75, 3.05) is 17.2 Å². The molecule has 7 heteroatoms. The first kappa shape index (κ1) is 18.6. The lowest BCUT2D eigenvalue weighted by Crippen LogP contribution is -2.09. The van der Waals surface area contributed by atoms with Crippen LogP contribution < -0.4 is 10.6 Å². The second-order valence-corrected chi connectivity index (χ2v) is 6.54. The molecule has 0 aliphatic rings. The zero-order chi connectivity index (χ0) is 20.1. The molecule has 0 amide bonds. The summed E-state index contributed by atoms with van der Waals surface area (Å²) in [6.07, 6.45) is 0.544. The van der Waals surface area contributed by atoms with Crippen LogP contribution in [-0.2, 0) is 6.42 Å². The van der Waals surface area contributed by atoms with Crippen LogP contribution in [0.3, 0.4) is 0 Å². The molecule has 2 N–H and O–H groups in total. The summed E-state index contributed by atoms with van der Waals surface area (Å²) in [4.78, 5) is 9.19. The Hall–Kier alpha value is -3.74. The topological polar surface area (TPSA) is 75.9 Å². The van der Waals surface area contributed by atoms with E-state index >= 15 is 0 Å². The Morgan fingerprint density at radius 3 is 2.41 bits per heavy atom. The molecule has 146 valence electrons. The highest BCUT2D eigenvalue weighted by molar-refractivity contribution is 5.63. The summed E-state index contributed by atoms with van der Waals surface area (Å²) in [6.45, 7) is 2.36. The number of hydrogen-bond donors (Lipinski definition) is 2. The second-order valence-electron chi connectivity index (χ2n) is 6.54. The van der Waals surface area contributed by atoms with E-state index in [0.29, 0.717) is 47.6 Å². The summed E-state index contributed by atoms with van der Waals surface area (Å²) in [5.41, 5.74) is 1.55. The maximum Gasteiger partial charge on any atom is 0.175 e. The van der Waals surface area contributed by atoms with Crippen molar-refractivity contribution in [2.24, 2.45) is 0 Å². The van der Waals surface area contributed by atoms with Gasteiger partial charge in [0.05, 0.1) is 0 Å². The smallest absolute Gasteiger partial charge is 0.175 e. The van der Waals surface area contributed by atoms with E-state index in [0.717, 1.165) is 5.56 Å². The Kier molecular flexibility index (Phi) is 5.47. The van der Waals surface area contributed by atoms with E-state index in [-0.39, 0.29) is 5.82 Å². The summed E-state index contributed by atoms with van der Waals surface area (Å²) in [5.74, 6) is 2.86. The SMILES string of the molecule is Cc1cc(Nc2cc(NCCc3ccccc3F)nc(-c3ccccc3)n2)no1. The molecule has 2 heterocycles. The standard InChI is InChI=1S/C22H20FN5O/c1-15-13-21(28-29-15)25-20-14-19(24-12-11-16-7-5-6-10-18(16)23)26-22(27-20)17-8-3-2-4-9-17/h2-10,13-14H,11-12H2,1H3,(H2,24,25,26,27,28). The minimum atomic E-state index is -0.203. The Morgan fingerprint density at radius 2 is 1.66 bits per heavy atom. The van der Waals surface area contributed by atoms with Crippen molar-refractivity contribution in [3.05, 3.63) is 83.9 Å². The van der Waals surface area contributed by atoms with Gasteiger partial charge in [-0.05, 0) is 25.0 Å². The zero-order valence-electron chi connectivity index (χ0n) is 15.9. The predicted molar refractivity (Wildman–Crippen MR) is 111 cm³/mol. The van der Waals surface area contributed by atoms with Crippen LogP contribution in [0.4, 0.5) is 21.8 Å². The molecule has 0 saturated heterocycles. The van der Waals surface area contributed by atoms with E-state index in [2.05, 4.69) is 25.8 Å². The van der Waals surface area contributed by atoms with Crippen LogP contribution >= 0.6 is 0 Å². The number of aryl methyl sites for hydroxylation is 1. The van der Waals surface area contributed by atoms with Gasteiger partial charge >= 0.3 is 0 Å². The van der Waals surface area contributed by atoms with Gasteiger partial charge in [0, 0.05) is 24.2 Å². The van der Waals surface area contributed by atoms with Crippen molar-refractivity contribution < 1.29 is 8.91 Å². The van der Waals surface area contributed by atoms with E-state index in [1.54, 1.807) is 24.3 Å². The molecule has 6 nitrogen and oxygen atoms in total. The van der Waals surface area contributed by atoms with Gasteiger partial charge in [-0.25, -0.2) is 14.4 Å². The van der Waals surface area contributed by atoms with Crippen LogP contribution in [0.15, 0.2) is 71.3 Å². The lowest BCUT2D eigenvalue weighted by molar-refractivity contribution is 0.400. The number of halogens is 1. The Balaban J connectivity index is 1.56. The number of benzene rings is 2. The third-order valence-corrected chi connectivity index (χ3v) is 4.30. The number of nitrogens with zero attached hydrogens (tertiary/aromatic N) is 3. The number of rotatable bonds is 7. The highest BCUT2D eigenvalue weighted by Gasteiger charge is 2.09. The Labute approximate surface area is 167 Å². The maximum absolute atomic E-state index is 13.8. The van der Waals surface area contributed by atoms with Crippen molar-refractivity contribution in [2.45, 2.75) is 13.3 Å². The van der Waals surface area contributed by atoms with Crippen LogP contribution in [-0.4, -0.2) is 21.7 Å². The molecular formula is C22H20FN5O. The number of anilines is 3. The van der Waals surface area contributed by atoms with Crippen molar-refractivity contribution >= 4 is 17.5 Å². The average molecular weight is 389 g/mol. The molecule has 0 spiro atoms. The van der Waals surface area contributed by atoms with Gasteiger partial charge in [0.1, 0.15) is 23.2 Å². The molecule has 29 heavy (non-hydrogen) atoms. The molecule has 0 atom stereocenters. The molecule has 0 fully saturated rings. The van der Waals surface area contributed by atoms with E-state index in [1.807, 2.05) is 43.3 Å². The minimum absolute atomic E-state index is 0.203. The third-order valence-electron chi connectivity index (χ3n) is 4.30. The van der Waals surface area contributed by atoms with Gasteiger partial charge in [0.2, 0.25) is 0 Å². The molecule has 2 aromatic heterocycles. The third kappa shape index (κ3) is 4.76. The van der Waals surface area contributed by atoms with E-state index in [4.69, 9.17) is 4.52 Å². The van der Waals surface area contributed by atoms with E-state index < -0.39 is 0 Å². The molecule has 4 aromatic rings. The highest BCUT2D eigenvalue weighted by atomic mass is 19.1. The van der Waals surface area contributed by atoms with Crippen LogP contribution in [0, 0.1) is 12.7 Å². The fraction of sp³-hybridized carbons (Fsp3) is 0.136. The Bertz CT molecular complexity index is 1100. The van der Waals surface area contributed by atoms with Crippen LogP contribution in [0.5, 0.6) is 0 Å². The predicted octanol–water partition coefficient (Wildman–Crippen LogP) is 4.98. The first-order valence-corrected chi connectivity index (χ1v) is 9.29. The molecule has 0 saturated carbocycles. The quantitative estimate of drug-likeness (QED) is 0.464.